The number of aromatic nitrogens is 2. The van der Waals surface area contributed by atoms with Gasteiger partial charge in [-0.3, -0.25) is 0 Å². The van der Waals surface area contributed by atoms with Crippen molar-refractivity contribution < 1.29 is 19.6 Å². The monoisotopic (exact) mass is 496 g/mol. The molecule has 0 atom stereocenters. The summed E-state index contributed by atoms with van der Waals surface area (Å²) in [4.78, 5) is 21.0. The van der Waals surface area contributed by atoms with E-state index in [4.69, 9.17) is 14.8 Å². The molecule has 4 aromatic carbocycles. The molecule has 5 aromatic rings. The van der Waals surface area contributed by atoms with Crippen LogP contribution >= 0.6 is 11.8 Å². The standard InChI is InChI=1S/C18H16N2O2S.C10H9BO2/c1-3-22-17(21)16-15(11-19-18(20-16)23-2)14-10-6-8-12-7-4-5-9-13(12)14;12-11(13)10-7-3-5-8-4-1-2-6-9(8)10/h4-11H,3H2,1-2H3;1-7,12-13H. The first-order valence-corrected chi connectivity index (χ1v) is 12.7. The molecule has 0 amide bonds. The van der Waals surface area contributed by atoms with Crippen molar-refractivity contribution in [1.82, 2.24) is 9.97 Å². The Hall–Kier alpha value is -3.72. The molecule has 8 heteroatoms. The average molecular weight is 496 g/mol. The van der Waals surface area contributed by atoms with Gasteiger partial charge in [0, 0.05) is 11.8 Å². The summed E-state index contributed by atoms with van der Waals surface area (Å²) >= 11 is 1.40. The lowest BCUT2D eigenvalue weighted by molar-refractivity contribution is 0.0519. The van der Waals surface area contributed by atoms with Crippen LogP contribution < -0.4 is 5.46 Å². The van der Waals surface area contributed by atoms with E-state index in [0.29, 0.717) is 28.5 Å². The highest BCUT2D eigenvalue weighted by Crippen LogP contribution is 2.31. The Morgan fingerprint density at radius 2 is 1.47 bits per heavy atom. The first-order valence-electron chi connectivity index (χ1n) is 11.4. The van der Waals surface area contributed by atoms with Crippen LogP contribution in [0.25, 0.3) is 32.7 Å². The minimum Gasteiger partial charge on any atom is -0.461 e. The molecule has 1 heterocycles. The van der Waals surface area contributed by atoms with Crippen molar-refractivity contribution in [2.75, 3.05) is 12.9 Å². The molecule has 0 spiro atoms. The molecule has 6 nitrogen and oxygen atoms in total. The van der Waals surface area contributed by atoms with Gasteiger partial charge in [-0.2, -0.15) is 0 Å². The van der Waals surface area contributed by atoms with Crippen molar-refractivity contribution in [2.24, 2.45) is 0 Å². The lowest BCUT2D eigenvalue weighted by Crippen LogP contribution is -2.30. The van der Waals surface area contributed by atoms with Crippen molar-refractivity contribution in [3.05, 3.63) is 96.8 Å². The molecule has 0 saturated carbocycles. The Labute approximate surface area is 214 Å². The fourth-order valence-electron chi connectivity index (χ4n) is 3.95. The van der Waals surface area contributed by atoms with Gasteiger partial charge in [0.1, 0.15) is 0 Å². The molecule has 36 heavy (non-hydrogen) atoms. The Bertz CT molecular complexity index is 1500. The van der Waals surface area contributed by atoms with E-state index in [1.165, 1.54) is 11.8 Å². The second-order valence-corrected chi connectivity index (χ2v) is 8.58. The van der Waals surface area contributed by atoms with Crippen LogP contribution in [0.1, 0.15) is 17.4 Å². The van der Waals surface area contributed by atoms with Crippen LogP contribution in [0.2, 0.25) is 0 Å². The largest absolute Gasteiger partial charge is 0.489 e. The topological polar surface area (TPSA) is 92.5 Å². The summed E-state index contributed by atoms with van der Waals surface area (Å²) in [6.45, 7) is 2.10. The molecule has 0 bridgehead atoms. The summed E-state index contributed by atoms with van der Waals surface area (Å²) < 4.78 is 5.16. The van der Waals surface area contributed by atoms with Gasteiger partial charge in [0.2, 0.25) is 0 Å². The predicted molar refractivity (Wildman–Crippen MR) is 146 cm³/mol. The zero-order valence-corrected chi connectivity index (χ0v) is 20.8. The highest BCUT2D eigenvalue weighted by atomic mass is 32.2. The number of nitrogens with zero attached hydrogens (tertiary/aromatic N) is 2. The van der Waals surface area contributed by atoms with E-state index in [0.717, 1.165) is 27.1 Å². The Morgan fingerprint density at radius 1 is 0.861 bits per heavy atom. The van der Waals surface area contributed by atoms with Crippen molar-refractivity contribution in [3.63, 3.8) is 0 Å². The van der Waals surface area contributed by atoms with Crippen LogP contribution in [0.5, 0.6) is 0 Å². The summed E-state index contributed by atoms with van der Waals surface area (Å²) in [6, 6.07) is 27.1. The van der Waals surface area contributed by atoms with Gasteiger partial charge in [0.05, 0.1) is 6.61 Å². The molecule has 1 aromatic heterocycles. The van der Waals surface area contributed by atoms with E-state index in [1.54, 1.807) is 19.2 Å². The van der Waals surface area contributed by atoms with Gasteiger partial charge >= 0.3 is 13.1 Å². The van der Waals surface area contributed by atoms with Crippen LogP contribution in [0, 0.1) is 0 Å². The Morgan fingerprint density at radius 3 is 2.14 bits per heavy atom. The maximum absolute atomic E-state index is 12.3. The highest BCUT2D eigenvalue weighted by Gasteiger charge is 2.19. The number of esters is 1. The summed E-state index contributed by atoms with van der Waals surface area (Å²) in [6.07, 6.45) is 3.58. The first kappa shape index (κ1) is 25.4. The minimum absolute atomic E-state index is 0.308. The fraction of sp³-hybridized carbons (Fsp3) is 0.107. The lowest BCUT2D eigenvalue weighted by atomic mass is 9.77. The molecule has 0 radical (unpaired) electrons. The molecule has 5 rings (SSSR count). The number of ether oxygens (including phenoxy) is 1. The Balaban J connectivity index is 0.000000197. The maximum atomic E-state index is 12.3. The summed E-state index contributed by atoms with van der Waals surface area (Å²) in [5.41, 5.74) is 2.48. The van der Waals surface area contributed by atoms with E-state index in [1.807, 2.05) is 85.1 Å². The zero-order chi connectivity index (χ0) is 25.5. The second kappa shape index (κ2) is 11.8. The van der Waals surface area contributed by atoms with Gasteiger partial charge in [-0.05, 0) is 45.8 Å². The molecule has 0 fully saturated rings. The predicted octanol–water partition coefficient (Wildman–Crippen LogP) is 4.72. The number of thioether (sulfide) groups is 1. The molecule has 0 aliphatic carbocycles. The number of carbonyl (C=O) groups is 1. The third-order valence-electron chi connectivity index (χ3n) is 5.60. The average Bonchev–Trinajstić information content (AvgIpc) is 2.92. The minimum atomic E-state index is -1.40. The van der Waals surface area contributed by atoms with Crippen LogP contribution in [0.15, 0.2) is 96.3 Å². The van der Waals surface area contributed by atoms with Crippen LogP contribution in [-0.2, 0) is 4.74 Å². The molecule has 0 saturated heterocycles. The number of benzene rings is 4. The SMILES string of the molecule is CCOC(=O)c1nc(SC)ncc1-c1cccc2ccccc12.OB(O)c1cccc2ccccc12. The normalized spacial score (nSPS) is 10.6. The van der Waals surface area contributed by atoms with Crippen molar-refractivity contribution in [2.45, 2.75) is 12.1 Å². The lowest BCUT2D eigenvalue weighted by Gasteiger charge is -2.11. The second-order valence-electron chi connectivity index (χ2n) is 7.81. The van der Waals surface area contributed by atoms with E-state index < -0.39 is 13.1 Å². The quantitative estimate of drug-likeness (QED) is 0.158. The van der Waals surface area contributed by atoms with Gasteiger partial charge in [-0.1, -0.05) is 96.7 Å². The van der Waals surface area contributed by atoms with E-state index in [-0.39, 0.29) is 0 Å². The van der Waals surface area contributed by atoms with Crippen molar-refractivity contribution >= 4 is 51.9 Å². The number of fused-ring (bicyclic) bond motifs is 2. The van der Waals surface area contributed by atoms with E-state index >= 15 is 0 Å². The van der Waals surface area contributed by atoms with Gasteiger partial charge in [-0.15, -0.1) is 0 Å². The number of hydrogen-bond acceptors (Lipinski definition) is 7. The fourth-order valence-corrected chi connectivity index (χ4v) is 4.29. The Kier molecular flexibility index (Phi) is 8.33. The molecular formula is C28H25BN2O4S. The number of carbonyl (C=O) groups excluding carboxylic acids is 1. The molecule has 0 aliphatic rings. The molecule has 0 aliphatic heterocycles. The smallest absolute Gasteiger partial charge is 0.461 e. The van der Waals surface area contributed by atoms with E-state index in [9.17, 15) is 4.79 Å². The van der Waals surface area contributed by atoms with Crippen LogP contribution in [0.4, 0.5) is 0 Å². The number of rotatable bonds is 5. The molecule has 180 valence electrons. The summed E-state index contributed by atoms with van der Waals surface area (Å²) in [5.74, 6) is -0.423. The van der Waals surface area contributed by atoms with Crippen molar-refractivity contribution in [1.29, 1.82) is 0 Å². The summed E-state index contributed by atoms with van der Waals surface area (Å²) in [5, 5.41) is 22.8. The van der Waals surface area contributed by atoms with Gasteiger partial charge in [-0.25, -0.2) is 14.8 Å². The van der Waals surface area contributed by atoms with Gasteiger partial charge in [0.25, 0.3) is 0 Å². The maximum Gasteiger partial charge on any atom is 0.489 e. The number of hydrogen-bond donors (Lipinski definition) is 2. The highest BCUT2D eigenvalue weighted by molar-refractivity contribution is 7.98. The van der Waals surface area contributed by atoms with Crippen LogP contribution in [-0.4, -0.2) is 46.0 Å². The first-order chi connectivity index (χ1) is 17.5. The van der Waals surface area contributed by atoms with Gasteiger partial charge < -0.3 is 14.8 Å². The van der Waals surface area contributed by atoms with Crippen LogP contribution in [0.3, 0.4) is 0 Å². The third kappa shape index (κ3) is 5.57. The van der Waals surface area contributed by atoms with Crippen molar-refractivity contribution in [3.8, 4) is 11.1 Å². The van der Waals surface area contributed by atoms with Gasteiger partial charge in [0.15, 0.2) is 10.9 Å². The zero-order valence-electron chi connectivity index (χ0n) is 20.0. The van der Waals surface area contributed by atoms with E-state index in [2.05, 4.69) is 9.97 Å². The summed E-state index contributed by atoms with van der Waals surface area (Å²) in [7, 11) is -1.40. The molecule has 0 unspecified atom stereocenters. The molecular weight excluding hydrogens is 471 g/mol. The third-order valence-corrected chi connectivity index (χ3v) is 6.16. The molecule has 2 N–H and O–H groups in total.